The summed E-state index contributed by atoms with van der Waals surface area (Å²) in [6.45, 7) is 2.65. The molecule has 1 aromatic carbocycles. The monoisotopic (exact) mass is 311 g/mol. The Hall–Kier alpha value is -2.02. The molecule has 0 aliphatic carbocycles. The van der Waals surface area contributed by atoms with E-state index < -0.39 is 23.2 Å². The van der Waals surface area contributed by atoms with Gasteiger partial charge in [0.05, 0.1) is 12.6 Å². The van der Waals surface area contributed by atoms with Crippen molar-refractivity contribution in [3.05, 3.63) is 29.8 Å². The summed E-state index contributed by atoms with van der Waals surface area (Å²) in [6, 6.07) is 3.06. The van der Waals surface area contributed by atoms with Crippen molar-refractivity contribution in [1.82, 2.24) is 10.2 Å². The van der Waals surface area contributed by atoms with E-state index in [0.717, 1.165) is 31.5 Å². The SMILES string of the molecule is CCN(CC(=O)Nc1c(F)cccc1F)C(=O)C1CCCN1. The lowest BCUT2D eigenvalue weighted by Gasteiger charge is -2.23. The van der Waals surface area contributed by atoms with Crippen molar-refractivity contribution in [2.45, 2.75) is 25.8 Å². The molecule has 1 saturated heterocycles. The van der Waals surface area contributed by atoms with Gasteiger partial charge in [0.15, 0.2) is 0 Å². The molecule has 1 aliphatic heterocycles. The second-order valence-corrected chi connectivity index (χ2v) is 5.15. The van der Waals surface area contributed by atoms with Crippen LogP contribution in [-0.4, -0.2) is 42.4 Å². The zero-order valence-electron chi connectivity index (χ0n) is 12.4. The third-order valence-corrected chi connectivity index (χ3v) is 3.61. The minimum atomic E-state index is -0.847. The number of amides is 2. The standard InChI is InChI=1S/C15H19F2N3O2/c1-2-20(15(22)12-7-4-8-18-12)9-13(21)19-14-10(16)5-3-6-11(14)17/h3,5-6,12,18H,2,4,7-9H2,1H3,(H,19,21). The first-order chi connectivity index (χ1) is 10.5. The van der Waals surface area contributed by atoms with Crippen LogP contribution in [-0.2, 0) is 9.59 Å². The van der Waals surface area contributed by atoms with Crippen molar-refractivity contribution in [2.24, 2.45) is 0 Å². The highest BCUT2D eigenvalue weighted by molar-refractivity contribution is 5.95. The Balaban J connectivity index is 1.98. The summed E-state index contributed by atoms with van der Waals surface area (Å²) in [6.07, 6.45) is 1.65. The number of carbonyl (C=O) groups excluding carboxylic acids is 2. The Morgan fingerprint density at radius 3 is 2.59 bits per heavy atom. The molecule has 1 fully saturated rings. The summed E-state index contributed by atoms with van der Waals surface area (Å²) in [7, 11) is 0. The summed E-state index contributed by atoms with van der Waals surface area (Å²) >= 11 is 0. The molecule has 2 amide bonds. The molecule has 2 N–H and O–H groups in total. The summed E-state index contributed by atoms with van der Waals surface area (Å²) in [5, 5.41) is 5.25. The lowest BCUT2D eigenvalue weighted by atomic mass is 10.2. The molecule has 0 saturated carbocycles. The molecule has 0 radical (unpaired) electrons. The van der Waals surface area contributed by atoms with Gasteiger partial charge in [0.1, 0.15) is 17.3 Å². The van der Waals surface area contributed by atoms with Crippen molar-refractivity contribution in [3.63, 3.8) is 0 Å². The Labute approximate surface area is 127 Å². The molecule has 0 aromatic heterocycles. The zero-order chi connectivity index (χ0) is 16.1. The van der Waals surface area contributed by atoms with Crippen molar-refractivity contribution in [3.8, 4) is 0 Å². The van der Waals surface area contributed by atoms with Gasteiger partial charge in [0.2, 0.25) is 11.8 Å². The Bertz CT molecular complexity index is 539. The van der Waals surface area contributed by atoms with Gasteiger partial charge in [-0.3, -0.25) is 9.59 Å². The highest BCUT2D eigenvalue weighted by Crippen LogP contribution is 2.18. The highest BCUT2D eigenvalue weighted by Gasteiger charge is 2.27. The minimum absolute atomic E-state index is 0.163. The van der Waals surface area contributed by atoms with Crippen LogP contribution in [0.5, 0.6) is 0 Å². The van der Waals surface area contributed by atoms with E-state index in [2.05, 4.69) is 10.6 Å². The lowest BCUT2D eigenvalue weighted by molar-refractivity contribution is -0.136. The molecule has 120 valence electrons. The molecule has 1 aromatic rings. The fraction of sp³-hybridized carbons (Fsp3) is 0.467. The maximum atomic E-state index is 13.5. The van der Waals surface area contributed by atoms with Gasteiger partial charge in [-0.15, -0.1) is 0 Å². The molecule has 0 bridgehead atoms. The minimum Gasteiger partial charge on any atom is -0.332 e. The number of benzene rings is 1. The second kappa shape index (κ2) is 7.31. The predicted octanol–water partition coefficient (Wildman–Crippen LogP) is 1.50. The van der Waals surface area contributed by atoms with Crippen LogP contribution in [0, 0.1) is 11.6 Å². The van der Waals surface area contributed by atoms with Crippen LogP contribution in [0.2, 0.25) is 0 Å². The van der Waals surface area contributed by atoms with Gasteiger partial charge in [0, 0.05) is 6.54 Å². The van der Waals surface area contributed by atoms with E-state index in [1.165, 1.54) is 11.0 Å². The number of para-hydroxylation sites is 1. The van der Waals surface area contributed by atoms with Crippen LogP contribution in [0.1, 0.15) is 19.8 Å². The molecule has 1 unspecified atom stereocenters. The van der Waals surface area contributed by atoms with Gasteiger partial charge in [-0.05, 0) is 38.4 Å². The summed E-state index contributed by atoms with van der Waals surface area (Å²) < 4.78 is 27.0. The number of likely N-dealkylation sites (N-methyl/N-ethyl adjacent to an activating group) is 1. The van der Waals surface area contributed by atoms with E-state index in [1.54, 1.807) is 6.92 Å². The van der Waals surface area contributed by atoms with Gasteiger partial charge in [-0.25, -0.2) is 8.78 Å². The molecule has 2 rings (SSSR count). The first kappa shape index (κ1) is 16.4. The third kappa shape index (κ3) is 3.79. The number of nitrogens with one attached hydrogen (secondary N) is 2. The first-order valence-corrected chi connectivity index (χ1v) is 7.29. The number of carbonyl (C=O) groups is 2. The zero-order valence-corrected chi connectivity index (χ0v) is 12.4. The molecule has 1 aliphatic rings. The Morgan fingerprint density at radius 1 is 1.36 bits per heavy atom. The first-order valence-electron chi connectivity index (χ1n) is 7.29. The molecular weight excluding hydrogens is 292 g/mol. The van der Waals surface area contributed by atoms with Crippen LogP contribution in [0.3, 0.4) is 0 Å². The fourth-order valence-corrected chi connectivity index (χ4v) is 2.43. The van der Waals surface area contributed by atoms with E-state index >= 15 is 0 Å². The van der Waals surface area contributed by atoms with Crippen molar-refractivity contribution in [2.75, 3.05) is 25.0 Å². The number of halogens is 2. The summed E-state index contributed by atoms with van der Waals surface area (Å²) in [5.74, 6) is -2.48. The average molecular weight is 311 g/mol. The topological polar surface area (TPSA) is 61.4 Å². The second-order valence-electron chi connectivity index (χ2n) is 5.15. The van der Waals surface area contributed by atoms with Gasteiger partial charge in [-0.2, -0.15) is 0 Å². The normalized spacial score (nSPS) is 17.3. The quantitative estimate of drug-likeness (QED) is 0.866. The van der Waals surface area contributed by atoms with Crippen LogP contribution in [0.4, 0.5) is 14.5 Å². The van der Waals surface area contributed by atoms with Crippen molar-refractivity contribution in [1.29, 1.82) is 0 Å². The maximum Gasteiger partial charge on any atom is 0.244 e. The number of nitrogens with zero attached hydrogens (tertiary/aromatic N) is 1. The average Bonchev–Trinajstić information content (AvgIpc) is 3.02. The maximum absolute atomic E-state index is 13.5. The van der Waals surface area contributed by atoms with Gasteiger partial charge in [0.25, 0.3) is 0 Å². The number of hydrogen-bond acceptors (Lipinski definition) is 3. The van der Waals surface area contributed by atoms with Crippen molar-refractivity contribution >= 4 is 17.5 Å². The molecule has 1 heterocycles. The van der Waals surface area contributed by atoms with E-state index in [-0.39, 0.29) is 18.5 Å². The molecule has 1 atom stereocenters. The predicted molar refractivity (Wildman–Crippen MR) is 78.3 cm³/mol. The Morgan fingerprint density at radius 2 is 2.05 bits per heavy atom. The van der Waals surface area contributed by atoms with E-state index in [1.807, 2.05) is 0 Å². The summed E-state index contributed by atoms with van der Waals surface area (Å²) in [4.78, 5) is 25.6. The van der Waals surface area contributed by atoms with Crippen LogP contribution >= 0.6 is 0 Å². The molecule has 5 nitrogen and oxygen atoms in total. The van der Waals surface area contributed by atoms with Crippen LogP contribution in [0.25, 0.3) is 0 Å². The number of hydrogen-bond donors (Lipinski definition) is 2. The molecule has 0 spiro atoms. The largest absolute Gasteiger partial charge is 0.332 e. The van der Waals surface area contributed by atoms with E-state index in [4.69, 9.17) is 0 Å². The molecule has 22 heavy (non-hydrogen) atoms. The van der Waals surface area contributed by atoms with Gasteiger partial charge < -0.3 is 15.5 Å². The highest BCUT2D eigenvalue weighted by atomic mass is 19.1. The van der Waals surface area contributed by atoms with Crippen LogP contribution in [0.15, 0.2) is 18.2 Å². The number of anilines is 1. The third-order valence-electron chi connectivity index (χ3n) is 3.61. The van der Waals surface area contributed by atoms with E-state index in [9.17, 15) is 18.4 Å². The van der Waals surface area contributed by atoms with Crippen LogP contribution < -0.4 is 10.6 Å². The Kier molecular flexibility index (Phi) is 5.43. The smallest absolute Gasteiger partial charge is 0.244 e. The van der Waals surface area contributed by atoms with Gasteiger partial charge >= 0.3 is 0 Å². The molecule has 7 heteroatoms. The lowest BCUT2D eigenvalue weighted by Crippen LogP contribution is -2.46. The fourth-order valence-electron chi connectivity index (χ4n) is 2.43. The number of rotatable bonds is 5. The van der Waals surface area contributed by atoms with Crippen molar-refractivity contribution < 1.29 is 18.4 Å². The van der Waals surface area contributed by atoms with E-state index in [0.29, 0.717) is 6.54 Å². The molecular formula is C15H19F2N3O2. The van der Waals surface area contributed by atoms with Gasteiger partial charge in [-0.1, -0.05) is 6.07 Å². The summed E-state index contributed by atoms with van der Waals surface area (Å²) in [5.41, 5.74) is -0.491.